The third-order valence-electron chi connectivity index (χ3n) is 16.8. The Balaban J connectivity index is 1.01. The van der Waals surface area contributed by atoms with Gasteiger partial charge in [0.2, 0.25) is 23.6 Å². The van der Waals surface area contributed by atoms with E-state index in [-0.39, 0.29) is 59.2 Å². The molecule has 12 nitrogen and oxygen atoms in total. The number of carbonyl (C=O) groups is 4. The molecular weight excluding hydrogens is 887 g/mol. The molecule has 9 rings (SSSR count). The maximum atomic E-state index is 14.9. The number of amides is 4. The van der Waals surface area contributed by atoms with Crippen LogP contribution in [-0.4, -0.2) is 94.7 Å². The first-order valence-electron chi connectivity index (χ1n) is 26.2. The van der Waals surface area contributed by atoms with E-state index in [1.165, 1.54) is 24.3 Å². The largest absolute Gasteiger partial charge is 0.368 e. The van der Waals surface area contributed by atoms with Crippen molar-refractivity contribution >= 4 is 45.4 Å². The van der Waals surface area contributed by atoms with E-state index in [9.17, 15) is 28.0 Å². The number of nitrogens with one attached hydrogen (secondary N) is 4. The number of primary amides is 2. The van der Waals surface area contributed by atoms with E-state index < -0.39 is 23.9 Å². The second-order valence-corrected chi connectivity index (χ2v) is 20.9. The summed E-state index contributed by atoms with van der Waals surface area (Å²) >= 11 is 0. The molecule has 4 unspecified atom stereocenters. The molecule has 0 bridgehead atoms. The molecule has 374 valence electrons. The Morgan fingerprint density at radius 1 is 0.571 bits per heavy atom. The Morgan fingerprint density at radius 2 is 0.957 bits per heavy atom. The van der Waals surface area contributed by atoms with Gasteiger partial charge < -0.3 is 41.9 Å². The molecule has 4 aliphatic rings. The van der Waals surface area contributed by atoms with E-state index in [1.54, 1.807) is 14.1 Å². The minimum absolute atomic E-state index is 0.0850. The first kappa shape index (κ1) is 49.4. The van der Waals surface area contributed by atoms with E-state index >= 15 is 0 Å². The van der Waals surface area contributed by atoms with Gasteiger partial charge in [0.05, 0.1) is 12.1 Å². The fraction of sp³-hybridized carbons (Fsp3) is 0.536. The minimum atomic E-state index is -0.589. The van der Waals surface area contributed by atoms with Crippen LogP contribution < -0.4 is 22.1 Å². The number of likely N-dealkylation sites (N-methyl/N-ethyl adjacent to an activating group) is 2. The molecule has 14 heteroatoms. The number of rotatable bonds is 18. The summed E-state index contributed by atoms with van der Waals surface area (Å²) in [6.07, 6.45) is 15.7. The van der Waals surface area contributed by atoms with Gasteiger partial charge in [-0.2, -0.15) is 0 Å². The van der Waals surface area contributed by atoms with Crippen LogP contribution in [0.2, 0.25) is 0 Å². The lowest BCUT2D eigenvalue weighted by Gasteiger charge is -2.36. The van der Waals surface area contributed by atoms with Crippen LogP contribution in [0.3, 0.4) is 0 Å². The molecule has 2 saturated heterocycles. The summed E-state index contributed by atoms with van der Waals surface area (Å²) in [6, 6.07) is 16.7. The van der Waals surface area contributed by atoms with E-state index in [2.05, 4.69) is 44.9 Å². The van der Waals surface area contributed by atoms with Crippen molar-refractivity contribution < 1.29 is 28.0 Å². The van der Waals surface area contributed by atoms with Gasteiger partial charge in [0, 0.05) is 94.2 Å². The highest BCUT2D eigenvalue weighted by Gasteiger charge is 2.41. The van der Waals surface area contributed by atoms with Crippen LogP contribution in [0.4, 0.5) is 8.78 Å². The van der Waals surface area contributed by atoms with Crippen molar-refractivity contribution in [2.75, 3.05) is 27.2 Å². The topological polar surface area (TPSA) is 182 Å². The van der Waals surface area contributed by atoms with E-state index in [1.807, 2.05) is 21.9 Å². The van der Waals surface area contributed by atoms with Crippen LogP contribution in [0.15, 0.2) is 60.7 Å². The molecule has 2 aliphatic carbocycles. The Morgan fingerprint density at radius 3 is 1.31 bits per heavy atom. The Labute approximate surface area is 410 Å². The number of carbonyl (C=O) groups excluding carboxylic acids is 4. The molecule has 5 aromatic rings. The summed E-state index contributed by atoms with van der Waals surface area (Å²) in [5.74, 6) is -1.61. The quantitative estimate of drug-likeness (QED) is 0.0511. The zero-order chi connectivity index (χ0) is 49.1. The second kappa shape index (κ2) is 21.8. The number of nitrogens with zero attached hydrogens (tertiary/aromatic N) is 2. The zero-order valence-electron chi connectivity index (χ0n) is 41.0. The van der Waals surface area contributed by atoms with Crippen molar-refractivity contribution in [3.63, 3.8) is 0 Å². The van der Waals surface area contributed by atoms with E-state index in [0.29, 0.717) is 49.8 Å². The van der Waals surface area contributed by atoms with Crippen molar-refractivity contribution in [3.8, 4) is 22.3 Å². The highest BCUT2D eigenvalue weighted by Crippen LogP contribution is 2.42. The average Bonchev–Trinajstić information content (AvgIpc) is 4.18. The number of H-pyrrole nitrogens is 2. The van der Waals surface area contributed by atoms with Gasteiger partial charge in [0.1, 0.15) is 11.6 Å². The average molecular weight is 959 g/mol. The second-order valence-electron chi connectivity index (χ2n) is 20.9. The van der Waals surface area contributed by atoms with Gasteiger partial charge in [-0.3, -0.25) is 19.2 Å². The van der Waals surface area contributed by atoms with Gasteiger partial charge >= 0.3 is 0 Å². The number of hydrogen-bond donors (Lipinski definition) is 6. The maximum Gasteiger partial charge on any atom is 0.234 e. The highest BCUT2D eigenvalue weighted by atomic mass is 19.1. The van der Waals surface area contributed by atoms with Gasteiger partial charge in [-0.25, -0.2) is 8.78 Å². The summed E-state index contributed by atoms with van der Waals surface area (Å²) < 4.78 is 29.7. The monoisotopic (exact) mass is 959 g/mol. The van der Waals surface area contributed by atoms with E-state index in [0.717, 1.165) is 134 Å². The van der Waals surface area contributed by atoms with Gasteiger partial charge in [-0.1, -0.05) is 62.8 Å². The number of halogens is 2. The summed E-state index contributed by atoms with van der Waals surface area (Å²) in [4.78, 5) is 65.6. The molecule has 2 aliphatic heterocycles. The molecule has 4 amide bonds. The molecule has 3 aromatic carbocycles. The van der Waals surface area contributed by atoms with Crippen molar-refractivity contribution in [1.29, 1.82) is 0 Å². The summed E-state index contributed by atoms with van der Waals surface area (Å²) in [5.41, 5.74) is 18.6. The normalized spacial score (nSPS) is 21.1. The smallest absolute Gasteiger partial charge is 0.234 e. The van der Waals surface area contributed by atoms with Gasteiger partial charge in [-0.05, 0) is 138 Å². The lowest BCUT2D eigenvalue weighted by molar-refractivity contribution is -0.140. The summed E-state index contributed by atoms with van der Waals surface area (Å²) in [7, 11) is 3.45. The van der Waals surface area contributed by atoms with Crippen LogP contribution in [0.5, 0.6) is 0 Å². The molecule has 0 spiro atoms. The Bertz CT molecular complexity index is 2490. The third kappa shape index (κ3) is 10.4. The van der Waals surface area contributed by atoms with Crippen molar-refractivity contribution in [1.82, 2.24) is 30.4 Å². The minimum Gasteiger partial charge on any atom is -0.368 e. The van der Waals surface area contributed by atoms with Crippen LogP contribution in [0.1, 0.15) is 114 Å². The number of likely N-dealkylation sites (tertiary alicyclic amines) is 2. The summed E-state index contributed by atoms with van der Waals surface area (Å²) in [5, 5.41) is 7.89. The van der Waals surface area contributed by atoms with Crippen molar-refractivity contribution in [3.05, 3.63) is 83.7 Å². The number of fused-ring (bicyclic) bond motifs is 2. The molecule has 2 saturated carbocycles. The fourth-order valence-electron chi connectivity index (χ4n) is 13.1. The standard InChI is InChI=1S/C56H72F2N8O4/c1-61-49(53(59)67)31-43(33-11-5-3-6-12-33)55(69)65-25-9-15-39(65)29-47-51(41-23-21-37(57)27-45(41)63-47)35-17-19-36(20-18-35)52-42-24-22-38(58)28-46(42)64-48(52)30-40-16-10-26-66(40)56(70)44(32-50(62-2)54(60)68)34-13-7-4-8-14-34/h17-24,27-28,33-34,39-40,43-44,49-50,61-64H,3-16,25-26,29-32H2,1-2H3,(H2,59,67)(H2,60,68)/t39-,40-,43?,44?,49?,50?/m0/s1. The van der Waals surface area contributed by atoms with E-state index in [4.69, 9.17) is 11.5 Å². The summed E-state index contributed by atoms with van der Waals surface area (Å²) in [6.45, 7) is 1.28. The predicted octanol–water partition coefficient (Wildman–Crippen LogP) is 8.65. The Hall–Kier alpha value is -5.60. The molecular formula is C56H72F2N8O4. The molecule has 6 atom stereocenters. The van der Waals surface area contributed by atoms with Crippen molar-refractivity contribution in [2.45, 2.75) is 140 Å². The molecule has 4 heterocycles. The van der Waals surface area contributed by atoms with Crippen molar-refractivity contribution in [2.24, 2.45) is 35.1 Å². The van der Waals surface area contributed by atoms with Crippen LogP contribution in [0.25, 0.3) is 44.1 Å². The predicted molar refractivity (Wildman–Crippen MR) is 271 cm³/mol. The number of hydrogen-bond acceptors (Lipinski definition) is 6. The molecule has 4 fully saturated rings. The van der Waals surface area contributed by atoms with Gasteiger partial charge in [0.25, 0.3) is 0 Å². The van der Waals surface area contributed by atoms with Crippen LogP contribution in [0, 0.1) is 35.3 Å². The molecule has 0 radical (unpaired) electrons. The molecule has 8 N–H and O–H groups in total. The highest BCUT2D eigenvalue weighted by molar-refractivity contribution is 6.00. The number of aromatic amines is 2. The SMILES string of the molecule is CNC(CC(C(=O)N1CCC[C@H]1Cc1[nH]c2cc(F)ccc2c1-c1ccc(-c2c(C[C@@H]3CCCN3C(=O)C(CC(NC)C(N)=O)C3CCCCC3)[nH]c3cc(F)ccc23)cc1)C1CCCCC1)C(N)=O. The zero-order valence-corrected chi connectivity index (χ0v) is 41.0. The third-order valence-corrected chi connectivity index (χ3v) is 16.8. The van der Waals surface area contributed by atoms with Gasteiger partial charge in [-0.15, -0.1) is 0 Å². The van der Waals surface area contributed by atoms with Gasteiger partial charge in [0.15, 0.2) is 0 Å². The number of nitrogens with two attached hydrogens (primary N) is 2. The fourth-order valence-corrected chi connectivity index (χ4v) is 13.1. The molecule has 2 aromatic heterocycles. The first-order valence-corrected chi connectivity index (χ1v) is 26.2. The first-order chi connectivity index (χ1) is 33.9. The molecule has 70 heavy (non-hydrogen) atoms. The lowest BCUT2D eigenvalue weighted by Crippen LogP contribution is -2.48. The van der Waals surface area contributed by atoms with Crippen LogP contribution in [-0.2, 0) is 32.0 Å². The number of benzene rings is 3. The van der Waals surface area contributed by atoms with Crippen LogP contribution >= 0.6 is 0 Å². The maximum absolute atomic E-state index is 14.9. The number of aromatic nitrogens is 2. The lowest BCUT2D eigenvalue weighted by atomic mass is 9.76. The Kier molecular flexibility index (Phi) is 15.4.